The highest BCUT2D eigenvalue weighted by atomic mass is 19.4. The number of amides is 1. The van der Waals surface area contributed by atoms with Gasteiger partial charge in [0.05, 0.1) is 16.8 Å². The van der Waals surface area contributed by atoms with Crippen LogP contribution in [0.4, 0.5) is 23.7 Å². The van der Waals surface area contributed by atoms with Crippen molar-refractivity contribution in [2.24, 2.45) is 0 Å². The van der Waals surface area contributed by atoms with Crippen LogP contribution in [0, 0.1) is 0 Å². The molecule has 1 heterocycles. The molecule has 0 radical (unpaired) electrons. The molecule has 96 valence electrons. The number of carboxylic acid groups (broad SMARTS) is 1. The van der Waals surface area contributed by atoms with Gasteiger partial charge in [-0.2, -0.15) is 13.2 Å². The maximum absolute atomic E-state index is 12.6. The van der Waals surface area contributed by atoms with Crippen molar-refractivity contribution in [1.29, 1.82) is 0 Å². The molecule has 0 saturated carbocycles. The summed E-state index contributed by atoms with van der Waals surface area (Å²) in [6, 6.07) is 1.23. The maximum Gasteiger partial charge on any atom is 0.416 e. The fraction of sp³-hybridized carbons (Fsp3) is 0.200. The van der Waals surface area contributed by atoms with Crippen LogP contribution >= 0.6 is 0 Å². The monoisotopic (exact) mass is 261 g/mol. The van der Waals surface area contributed by atoms with Crippen LogP contribution in [0.3, 0.4) is 0 Å². The van der Waals surface area contributed by atoms with E-state index in [1.807, 2.05) is 0 Å². The number of hydrogen-bond donors (Lipinski definition) is 2. The number of cyclic esters (lactones) is 1. The second-order valence-corrected chi connectivity index (χ2v) is 3.56. The highest BCUT2D eigenvalue weighted by molar-refractivity contribution is 6.00. The van der Waals surface area contributed by atoms with Gasteiger partial charge in [0, 0.05) is 5.56 Å². The number of nitrogens with one attached hydrogen (secondary N) is 1. The lowest BCUT2D eigenvalue weighted by molar-refractivity contribution is -0.137. The number of ether oxygens (including phenoxy) is 1. The number of carbonyl (C=O) groups is 2. The third-order valence-electron chi connectivity index (χ3n) is 2.36. The molecule has 0 atom stereocenters. The Morgan fingerprint density at radius 1 is 1.39 bits per heavy atom. The Kier molecular flexibility index (Phi) is 2.64. The van der Waals surface area contributed by atoms with E-state index in [1.54, 1.807) is 0 Å². The molecule has 0 aliphatic carbocycles. The summed E-state index contributed by atoms with van der Waals surface area (Å²) in [5.41, 5.74) is -1.90. The first-order valence-electron chi connectivity index (χ1n) is 4.70. The first kappa shape index (κ1) is 12.2. The zero-order chi connectivity index (χ0) is 13.5. The van der Waals surface area contributed by atoms with Crippen LogP contribution in [-0.4, -0.2) is 17.2 Å². The Morgan fingerprint density at radius 2 is 2.06 bits per heavy atom. The first-order valence-corrected chi connectivity index (χ1v) is 4.70. The molecule has 0 bridgehead atoms. The molecule has 0 saturated heterocycles. The quantitative estimate of drug-likeness (QED) is 0.814. The van der Waals surface area contributed by atoms with E-state index in [2.05, 4.69) is 10.1 Å². The molecule has 8 heteroatoms. The van der Waals surface area contributed by atoms with E-state index in [0.29, 0.717) is 6.07 Å². The van der Waals surface area contributed by atoms with E-state index in [4.69, 9.17) is 5.11 Å². The number of carboxylic acids is 1. The van der Waals surface area contributed by atoms with Gasteiger partial charge in [0.2, 0.25) is 0 Å². The third kappa shape index (κ3) is 2.08. The Labute approximate surface area is 98.2 Å². The minimum absolute atomic E-state index is 0.0261. The number of rotatable bonds is 1. The second kappa shape index (κ2) is 3.90. The lowest BCUT2D eigenvalue weighted by Gasteiger charge is -2.21. The molecule has 2 N–H and O–H groups in total. The van der Waals surface area contributed by atoms with E-state index in [9.17, 15) is 22.8 Å². The number of fused-ring (bicyclic) bond motifs is 1. The summed E-state index contributed by atoms with van der Waals surface area (Å²) in [4.78, 5) is 21.8. The first-order chi connectivity index (χ1) is 8.29. The van der Waals surface area contributed by atoms with Gasteiger partial charge < -0.3 is 9.84 Å². The fourth-order valence-electron chi connectivity index (χ4n) is 1.58. The molecule has 0 aromatic heterocycles. The maximum atomic E-state index is 12.6. The van der Waals surface area contributed by atoms with Crippen LogP contribution in [0.2, 0.25) is 0 Å². The van der Waals surface area contributed by atoms with Gasteiger partial charge in [0.1, 0.15) is 6.61 Å². The van der Waals surface area contributed by atoms with Crippen LogP contribution in [0.25, 0.3) is 0 Å². The second-order valence-electron chi connectivity index (χ2n) is 3.56. The predicted molar refractivity (Wildman–Crippen MR) is 52.2 cm³/mol. The number of aromatic carboxylic acids is 1. The summed E-state index contributed by atoms with van der Waals surface area (Å²) < 4.78 is 42.2. The largest absolute Gasteiger partial charge is 0.478 e. The van der Waals surface area contributed by atoms with Crippen molar-refractivity contribution in [3.05, 3.63) is 28.8 Å². The minimum atomic E-state index is -4.67. The number of carbonyl (C=O) groups excluding carboxylic acids is 1. The van der Waals surface area contributed by atoms with Crippen molar-refractivity contribution < 1.29 is 32.6 Å². The topological polar surface area (TPSA) is 75.6 Å². The summed E-state index contributed by atoms with van der Waals surface area (Å²) in [6.07, 6.45) is -5.56. The molecule has 2 rings (SSSR count). The van der Waals surface area contributed by atoms with Crippen LogP contribution in [0.1, 0.15) is 21.5 Å². The van der Waals surface area contributed by atoms with E-state index in [0.717, 1.165) is 6.07 Å². The standard InChI is InChI=1S/C10H6F3NO4/c11-10(12,13)5-1-4-3-18-9(17)14-7(4)6(2-5)8(15)16/h1-2H,3H2,(H,14,17)(H,15,16). The molecular formula is C10H6F3NO4. The van der Waals surface area contributed by atoms with Gasteiger partial charge in [-0.15, -0.1) is 0 Å². The lowest BCUT2D eigenvalue weighted by Crippen LogP contribution is -2.24. The van der Waals surface area contributed by atoms with Crippen molar-refractivity contribution in [2.75, 3.05) is 5.32 Å². The van der Waals surface area contributed by atoms with Gasteiger partial charge in [0.15, 0.2) is 0 Å². The van der Waals surface area contributed by atoms with Gasteiger partial charge in [-0.25, -0.2) is 9.59 Å². The summed E-state index contributed by atoms with van der Waals surface area (Å²) >= 11 is 0. The van der Waals surface area contributed by atoms with Crippen molar-refractivity contribution in [1.82, 2.24) is 0 Å². The number of hydrogen-bond acceptors (Lipinski definition) is 3. The molecular weight excluding hydrogens is 255 g/mol. The number of anilines is 1. The molecule has 1 aliphatic heterocycles. The molecule has 0 unspecified atom stereocenters. The SMILES string of the molecule is O=C1Nc2c(cc(C(F)(F)F)cc2C(=O)O)CO1. The van der Waals surface area contributed by atoms with Crippen LogP contribution < -0.4 is 5.32 Å². The van der Waals surface area contributed by atoms with Crippen LogP contribution in [-0.2, 0) is 17.5 Å². The lowest BCUT2D eigenvalue weighted by atomic mass is 10.0. The van der Waals surface area contributed by atoms with E-state index in [-0.39, 0.29) is 11.3 Å². The zero-order valence-electron chi connectivity index (χ0n) is 8.67. The van der Waals surface area contributed by atoms with Crippen molar-refractivity contribution in [3.63, 3.8) is 0 Å². The number of alkyl halides is 3. The smallest absolute Gasteiger partial charge is 0.416 e. The molecule has 18 heavy (non-hydrogen) atoms. The Morgan fingerprint density at radius 3 is 2.61 bits per heavy atom. The van der Waals surface area contributed by atoms with Crippen molar-refractivity contribution in [3.8, 4) is 0 Å². The molecule has 0 fully saturated rings. The zero-order valence-corrected chi connectivity index (χ0v) is 8.67. The van der Waals surface area contributed by atoms with Crippen molar-refractivity contribution in [2.45, 2.75) is 12.8 Å². The number of halogens is 3. The molecule has 1 amide bonds. The summed E-state index contributed by atoms with van der Waals surface area (Å²) in [7, 11) is 0. The molecule has 1 aromatic carbocycles. The van der Waals surface area contributed by atoms with Gasteiger partial charge in [-0.05, 0) is 12.1 Å². The summed E-state index contributed by atoms with van der Waals surface area (Å²) in [5, 5.41) is 10.9. The van der Waals surface area contributed by atoms with Crippen molar-refractivity contribution >= 4 is 17.7 Å². The average Bonchev–Trinajstić information content (AvgIpc) is 2.25. The van der Waals surface area contributed by atoms with E-state index >= 15 is 0 Å². The Hall–Kier alpha value is -2.25. The van der Waals surface area contributed by atoms with Gasteiger partial charge in [-0.3, -0.25) is 5.32 Å². The molecule has 0 spiro atoms. The van der Waals surface area contributed by atoms with Crippen LogP contribution in [0.15, 0.2) is 12.1 Å². The molecule has 1 aromatic rings. The highest BCUT2D eigenvalue weighted by Gasteiger charge is 2.34. The fourth-order valence-corrected chi connectivity index (χ4v) is 1.58. The van der Waals surface area contributed by atoms with Gasteiger partial charge in [-0.1, -0.05) is 0 Å². The van der Waals surface area contributed by atoms with Crippen LogP contribution in [0.5, 0.6) is 0 Å². The number of benzene rings is 1. The minimum Gasteiger partial charge on any atom is -0.478 e. The van der Waals surface area contributed by atoms with E-state index in [1.165, 1.54) is 0 Å². The third-order valence-corrected chi connectivity index (χ3v) is 2.36. The molecule has 5 nitrogen and oxygen atoms in total. The average molecular weight is 261 g/mol. The molecule has 1 aliphatic rings. The summed E-state index contributed by atoms with van der Waals surface area (Å²) in [5.74, 6) is -1.56. The Bertz CT molecular complexity index is 539. The van der Waals surface area contributed by atoms with Gasteiger partial charge >= 0.3 is 18.2 Å². The van der Waals surface area contributed by atoms with Gasteiger partial charge in [0.25, 0.3) is 0 Å². The predicted octanol–water partition coefficient (Wildman–Crippen LogP) is 2.47. The highest BCUT2D eigenvalue weighted by Crippen LogP contribution is 2.35. The van der Waals surface area contributed by atoms with E-state index < -0.39 is 36.0 Å². The Balaban J connectivity index is 2.63. The normalized spacial score (nSPS) is 14.5. The summed E-state index contributed by atoms with van der Waals surface area (Å²) in [6.45, 7) is -0.397.